The number of nitrogens with one attached hydrogen (secondary N) is 1. The van der Waals surface area contributed by atoms with Crippen molar-refractivity contribution in [3.63, 3.8) is 0 Å². The molecule has 0 radical (unpaired) electrons. The summed E-state index contributed by atoms with van der Waals surface area (Å²) in [5.41, 5.74) is 0.627. The largest absolute Gasteiger partial charge is 0.489 e. The van der Waals surface area contributed by atoms with Gasteiger partial charge in [0.1, 0.15) is 17.7 Å². The highest BCUT2D eigenvalue weighted by Gasteiger charge is 2.29. The molecule has 1 atom stereocenters. The Balaban J connectivity index is 0.000000241. The zero-order valence-corrected chi connectivity index (χ0v) is 27.2. The molecule has 2 aromatic carbocycles. The van der Waals surface area contributed by atoms with Crippen molar-refractivity contribution < 1.29 is 33.4 Å². The fourth-order valence-corrected chi connectivity index (χ4v) is 6.95. The fourth-order valence-electron chi connectivity index (χ4n) is 6.95. The Morgan fingerprint density at radius 1 is 0.830 bits per heavy atom. The van der Waals surface area contributed by atoms with Crippen molar-refractivity contribution in [2.24, 2.45) is 11.8 Å². The molecule has 0 bridgehead atoms. The van der Waals surface area contributed by atoms with Crippen molar-refractivity contribution in [1.29, 1.82) is 0 Å². The molecule has 1 unspecified atom stereocenters. The van der Waals surface area contributed by atoms with Gasteiger partial charge in [-0.05, 0) is 107 Å². The van der Waals surface area contributed by atoms with Crippen LogP contribution in [0.4, 0.5) is 14.0 Å². The van der Waals surface area contributed by atoms with Gasteiger partial charge in [0.15, 0.2) is 5.78 Å². The van der Waals surface area contributed by atoms with Gasteiger partial charge >= 0.3 is 12.1 Å². The molecule has 3 heterocycles. The Labute approximate surface area is 277 Å². The Hall–Kier alpha value is -3.70. The number of likely N-dealkylation sites (tertiary alicyclic amines) is 2. The van der Waals surface area contributed by atoms with Crippen molar-refractivity contribution in [3.05, 3.63) is 66.0 Å². The van der Waals surface area contributed by atoms with E-state index in [9.17, 15) is 18.8 Å². The number of halogens is 1. The maximum Gasteiger partial charge on any atom is 0.407 e. The lowest BCUT2D eigenvalue weighted by molar-refractivity contribution is 0.0519. The lowest BCUT2D eigenvalue weighted by atomic mass is 9.83. The van der Waals surface area contributed by atoms with Crippen LogP contribution >= 0.6 is 0 Å². The second kappa shape index (κ2) is 17.5. The van der Waals surface area contributed by atoms with E-state index in [1.165, 1.54) is 36.3 Å². The third kappa shape index (κ3) is 10.7. The predicted molar refractivity (Wildman–Crippen MR) is 176 cm³/mol. The fraction of sp³-hybridized carbons (Fsp3) is 0.583. The number of benzene rings is 2. The summed E-state index contributed by atoms with van der Waals surface area (Å²) in [7, 11) is 0. The quantitative estimate of drug-likeness (QED) is 0.361. The van der Waals surface area contributed by atoms with Crippen molar-refractivity contribution >= 4 is 17.9 Å². The Bertz CT molecular complexity index is 1280. The molecule has 10 nitrogen and oxygen atoms in total. The lowest BCUT2D eigenvalue weighted by Crippen LogP contribution is -2.49. The highest BCUT2D eigenvalue weighted by Crippen LogP contribution is 2.29. The number of urea groups is 1. The number of carbonyl (C=O) groups excluding carboxylic acids is 2. The molecule has 3 saturated heterocycles. The van der Waals surface area contributed by atoms with Crippen LogP contribution in [0.5, 0.6) is 5.75 Å². The molecular weight excluding hydrogens is 603 g/mol. The number of Topliss-reactive ketones (excluding diaryl/α,β-unsaturated/α-hetero) is 1. The highest BCUT2D eigenvalue weighted by atomic mass is 19.1. The normalized spacial score (nSPS) is 23.8. The lowest BCUT2D eigenvalue weighted by Gasteiger charge is -2.35. The number of carboxylic acid groups (broad SMARTS) is 1. The van der Waals surface area contributed by atoms with E-state index >= 15 is 0 Å². The summed E-state index contributed by atoms with van der Waals surface area (Å²) in [6, 6.07) is 15.8. The summed E-state index contributed by atoms with van der Waals surface area (Å²) in [5.74, 6) is 1.44. The number of carbonyl (C=O) groups is 3. The van der Waals surface area contributed by atoms with Crippen LogP contribution in [0.25, 0.3) is 0 Å². The second-order valence-corrected chi connectivity index (χ2v) is 13.1. The molecule has 2 N–H and O–H groups in total. The molecular formula is C36H49FN4O6. The summed E-state index contributed by atoms with van der Waals surface area (Å²) in [6.07, 6.45) is 7.33. The smallest absolute Gasteiger partial charge is 0.407 e. The first-order valence-electron chi connectivity index (χ1n) is 17.2. The number of rotatable bonds is 8. The minimum Gasteiger partial charge on any atom is -0.489 e. The number of amides is 3. The van der Waals surface area contributed by atoms with Gasteiger partial charge < -0.3 is 34.6 Å². The Morgan fingerprint density at radius 2 is 1.51 bits per heavy atom. The average Bonchev–Trinajstić information content (AvgIpc) is 3.58. The van der Waals surface area contributed by atoms with Crippen LogP contribution in [0, 0.1) is 17.7 Å². The summed E-state index contributed by atoms with van der Waals surface area (Å²) in [5, 5.41) is 12.0. The topological polar surface area (TPSA) is 112 Å². The van der Waals surface area contributed by atoms with Crippen LogP contribution in [0.2, 0.25) is 0 Å². The number of morpholine rings is 1. The zero-order chi connectivity index (χ0) is 33.0. The monoisotopic (exact) mass is 652 g/mol. The number of piperidine rings is 1. The number of hydrogen-bond donors (Lipinski definition) is 2. The first kappa shape index (κ1) is 34.6. The summed E-state index contributed by atoms with van der Waals surface area (Å²) in [4.78, 5) is 41.4. The minimum atomic E-state index is -0.867. The summed E-state index contributed by atoms with van der Waals surface area (Å²) < 4.78 is 24.1. The zero-order valence-electron chi connectivity index (χ0n) is 27.2. The summed E-state index contributed by atoms with van der Waals surface area (Å²) in [6.45, 7) is 6.69. The standard InChI is InChI=1S/C25H36FN3O3.C11H13NO3/c26-22-5-3-20(4-6-22)24(30)21-10-13-28(14-11-21)12-9-19-1-7-23(8-2-19)27-25(31)29-15-17-32-18-16-29;13-11(14)12-7-6-10(8-12)15-9-4-2-1-3-5-9/h3-6,19,21,23H,1-2,7-18H2,(H,27,31);1-5,10H,6-8H2,(H,13,14). The van der Waals surface area contributed by atoms with Crippen LogP contribution in [-0.2, 0) is 4.74 Å². The van der Waals surface area contributed by atoms with E-state index in [0.29, 0.717) is 51.0 Å². The molecule has 1 saturated carbocycles. The SMILES string of the molecule is O=C(O)N1CCC(Oc2ccccc2)C1.O=C(c1ccc(F)cc1)C1CCN(CCC2CCC(NC(=O)N3CCOCC3)CC2)CC1. The van der Waals surface area contributed by atoms with E-state index in [1.54, 1.807) is 12.1 Å². The van der Waals surface area contributed by atoms with Crippen molar-refractivity contribution in [2.45, 2.75) is 63.5 Å². The first-order valence-corrected chi connectivity index (χ1v) is 17.2. The molecule has 47 heavy (non-hydrogen) atoms. The molecule has 3 aliphatic heterocycles. The second-order valence-electron chi connectivity index (χ2n) is 13.1. The molecule has 0 aromatic heterocycles. The number of ether oxygens (including phenoxy) is 2. The van der Waals surface area contributed by atoms with Gasteiger partial charge in [-0.3, -0.25) is 4.79 Å². The molecule has 2 aromatic rings. The van der Waals surface area contributed by atoms with E-state index in [2.05, 4.69) is 10.2 Å². The maximum atomic E-state index is 13.1. The van der Waals surface area contributed by atoms with E-state index in [-0.39, 0.29) is 29.7 Å². The van der Waals surface area contributed by atoms with Gasteiger partial charge in [-0.25, -0.2) is 14.0 Å². The molecule has 6 rings (SSSR count). The van der Waals surface area contributed by atoms with Crippen LogP contribution in [0.15, 0.2) is 54.6 Å². The number of ketones is 1. The van der Waals surface area contributed by atoms with Crippen LogP contribution in [0.1, 0.15) is 61.7 Å². The van der Waals surface area contributed by atoms with E-state index in [1.807, 2.05) is 35.2 Å². The van der Waals surface area contributed by atoms with Gasteiger partial charge in [0.05, 0.1) is 19.8 Å². The number of nitrogens with zero attached hydrogens (tertiary/aromatic N) is 3. The molecule has 4 fully saturated rings. The highest BCUT2D eigenvalue weighted by molar-refractivity contribution is 5.97. The number of para-hydroxylation sites is 1. The molecule has 256 valence electrons. The first-order chi connectivity index (χ1) is 22.8. The molecule has 3 amide bonds. The average molecular weight is 653 g/mol. The van der Waals surface area contributed by atoms with Gasteiger partial charge in [-0.2, -0.15) is 0 Å². The number of hydrogen-bond acceptors (Lipinski definition) is 6. The van der Waals surface area contributed by atoms with Crippen LogP contribution in [0.3, 0.4) is 0 Å². The van der Waals surface area contributed by atoms with Gasteiger partial charge in [0.2, 0.25) is 0 Å². The third-order valence-electron chi connectivity index (χ3n) is 9.87. The van der Waals surface area contributed by atoms with Crippen molar-refractivity contribution in [2.75, 3.05) is 59.0 Å². The van der Waals surface area contributed by atoms with Gasteiger partial charge in [0, 0.05) is 43.6 Å². The third-order valence-corrected chi connectivity index (χ3v) is 9.87. The van der Waals surface area contributed by atoms with E-state index < -0.39 is 6.09 Å². The van der Waals surface area contributed by atoms with Crippen LogP contribution in [-0.4, -0.2) is 109 Å². The van der Waals surface area contributed by atoms with Crippen molar-refractivity contribution in [1.82, 2.24) is 20.0 Å². The molecule has 4 aliphatic rings. The molecule has 0 spiro atoms. The Morgan fingerprint density at radius 3 is 2.15 bits per heavy atom. The van der Waals surface area contributed by atoms with E-state index in [4.69, 9.17) is 14.6 Å². The van der Waals surface area contributed by atoms with Gasteiger partial charge in [-0.15, -0.1) is 0 Å². The van der Waals surface area contributed by atoms with Crippen molar-refractivity contribution in [3.8, 4) is 5.75 Å². The summed E-state index contributed by atoms with van der Waals surface area (Å²) >= 11 is 0. The van der Waals surface area contributed by atoms with E-state index in [0.717, 1.165) is 63.4 Å². The van der Waals surface area contributed by atoms with Crippen LogP contribution < -0.4 is 10.1 Å². The van der Waals surface area contributed by atoms with Gasteiger partial charge in [0.25, 0.3) is 0 Å². The molecule has 1 aliphatic carbocycles. The minimum absolute atomic E-state index is 0.0106. The molecule has 11 heteroatoms. The van der Waals surface area contributed by atoms with Gasteiger partial charge in [-0.1, -0.05) is 18.2 Å². The maximum absolute atomic E-state index is 13.1. The Kier molecular flexibility index (Phi) is 12.9. The predicted octanol–water partition coefficient (Wildman–Crippen LogP) is 5.53.